The van der Waals surface area contributed by atoms with E-state index >= 15 is 0 Å². The molecule has 0 aliphatic carbocycles. The molecule has 458 valence electrons. The Kier molecular flexibility index (Phi) is 14.5. The molecule has 0 atom stereocenters. The van der Waals surface area contributed by atoms with Crippen LogP contribution >= 0.6 is 0 Å². The molecule has 98 heavy (non-hydrogen) atoms. The van der Waals surface area contributed by atoms with Crippen molar-refractivity contribution < 1.29 is 0 Å². The van der Waals surface area contributed by atoms with Crippen molar-refractivity contribution in [2.24, 2.45) is 0 Å². The summed E-state index contributed by atoms with van der Waals surface area (Å²) in [7, 11) is 0. The smallest absolute Gasteiger partial charge is 0.145 e. The lowest BCUT2D eigenvalue weighted by atomic mass is 9.82. The fourth-order valence-electron chi connectivity index (χ4n) is 14.6. The van der Waals surface area contributed by atoms with Crippen LogP contribution in [0.1, 0.15) is 0 Å². The molecule has 0 saturated heterocycles. The van der Waals surface area contributed by atoms with Crippen LogP contribution in [0.5, 0.6) is 0 Å². The zero-order chi connectivity index (χ0) is 64.9. The standard InChI is InChI=1S/C94H62N4/c1-9-25-63(26-10-1)75-53-76(64-27-11-2-12-28-64)56-79(55-75)91-84-50-46-72(74-48-52-90-88(62-74)96-94(70-35-19-6-20-36-70)98(90)82-39-23-8-24-40-82)60-86(84)92(80-57-77(65-29-13-3-14-30-65)54-78(58-80)66-31-15-4-16-32-66)83-49-45-71(59-85(83)91)67-41-43-68(44-42-67)73-47-51-89-87(61-73)95-93(69-33-17-5-18-34-69)97(89)81-37-21-7-22-38-81/h1-62H. The van der Waals surface area contributed by atoms with Crippen molar-refractivity contribution in [3.8, 4) is 134 Å². The summed E-state index contributed by atoms with van der Waals surface area (Å²) in [5.41, 5.74) is 28.8. The molecular weight excluding hydrogens is 1190 g/mol. The van der Waals surface area contributed by atoms with E-state index in [1.54, 1.807) is 0 Å². The molecule has 2 heterocycles. The van der Waals surface area contributed by atoms with Gasteiger partial charge < -0.3 is 0 Å². The molecule has 0 spiro atoms. The maximum atomic E-state index is 5.46. The molecule has 16 aromatic carbocycles. The zero-order valence-corrected chi connectivity index (χ0v) is 53.6. The molecule has 18 aromatic rings. The van der Waals surface area contributed by atoms with Gasteiger partial charge in [0.25, 0.3) is 0 Å². The summed E-state index contributed by atoms with van der Waals surface area (Å²) in [5.74, 6) is 1.82. The first-order chi connectivity index (χ1) is 48.6. The molecule has 0 radical (unpaired) electrons. The Bertz CT molecular complexity index is 5850. The lowest BCUT2D eigenvalue weighted by Crippen LogP contribution is -1.97. The van der Waals surface area contributed by atoms with Crippen molar-refractivity contribution in [3.05, 3.63) is 376 Å². The normalized spacial score (nSPS) is 11.5. The second-order valence-electron chi connectivity index (χ2n) is 25.3. The average Bonchev–Trinajstić information content (AvgIpc) is 0.927. The Morgan fingerprint density at radius 3 is 0.745 bits per heavy atom. The minimum absolute atomic E-state index is 0.902. The van der Waals surface area contributed by atoms with Gasteiger partial charge in [0.05, 0.1) is 22.1 Å². The summed E-state index contributed by atoms with van der Waals surface area (Å²) in [5, 5.41) is 4.62. The number of imidazole rings is 2. The number of hydrogen-bond donors (Lipinski definition) is 0. The molecule has 0 unspecified atom stereocenters. The van der Waals surface area contributed by atoms with Crippen LogP contribution in [0, 0.1) is 0 Å². The monoisotopic (exact) mass is 1250 g/mol. The molecule has 0 aliphatic rings. The van der Waals surface area contributed by atoms with E-state index in [1.165, 1.54) is 11.1 Å². The summed E-state index contributed by atoms with van der Waals surface area (Å²) >= 11 is 0. The first-order valence-electron chi connectivity index (χ1n) is 33.5. The van der Waals surface area contributed by atoms with Crippen molar-refractivity contribution in [1.82, 2.24) is 19.1 Å². The van der Waals surface area contributed by atoms with Crippen molar-refractivity contribution in [1.29, 1.82) is 0 Å². The molecule has 0 saturated carbocycles. The summed E-state index contributed by atoms with van der Waals surface area (Å²) in [6.45, 7) is 0. The van der Waals surface area contributed by atoms with E-state index < -0.39 is 0 Å². The van der Waals surface area contributed by atoms with Crippen molar-refractivity contribution in [3.63, 3.8) is 0 Å². The SMILES string of the molecule is c1ccc(-c2cc(-c3ccccc3)cc(-c3c4ccc(-c5ccc6c(c5)nc(-c5ccccc5)n6-c5ccccc5)cc4c(-c4cc(-c5ccccc5)cc(-c5ccccc5)c4)c4ccc(-c5ccc(-c6ccc7c(c6)nc(-c6ccccc6)n7-c6ccccc6)cc5)cc34)c2)cc1. The van der Waals surface area contributed by atoms with Gasteiger partial charge in [-0.05, 0) is 219 Å². The second-order valence-corrected chi connectivity index (χ2v) is 25.3. The van der Waals surface area contributed by atoms with E-state index in [1.807, 2.05) is 0 Å². The molecule has 0 N–H and O–H groups in total. The fourth-order valence-corrected chi connectivity index (χ4v) is 14.6. The van der Waals surface area contributed by atoms with E-state index in [2.05, 4.69) is 385 Å². The lowest BCUT2D eigenvalue weighted by Gasteiger charge is -2.22. The number of aromatic nitrogens is 4. The number of rotatable bonds is 13. The van der Waals surface area contributed by atoms with Crippen LogP contribution in [0.3, 0.4) is 0 Å². The number of fused-ring (bicyclic) bond motifs is 4. The van der Waals surface area contributed by atoms with Crippen molar-refractivity contribution in [2.45, 2.75) is 0 Å². The van der Waals surface area contributed by atoms with Gasteiger partial charge in [0.15, 0.2) is 0 Å². The van der Waals surface area contributed by atoms with Crippen LogP contribution in [-0.2, 0) is 0 Å². The molecular formula is C94H62N4. The zero-order valence-electron chi connectivity index (χ0n) is 53.6. The summed E-state index contributed by atoms with van der Waals surface area (Å²) in [6, 6.07) is 137. The molecule has 4 nitrogen and oxygen atoms in total. The van der Waals surface area contributed by atoms with Gasteiger partial charge in [-0.1, -0.05) is 279 Å². The van der Waals surface area contributed by atoms with Gasteiger partial charge >= 0.3 is 0 Å². The number of nitrogens with zero attached hydrogens (tertiary/aromatic N) is 4. The highest BCUT2D eigenvalue weighted by atomic mass is 15.1. The minimum Gasteiger partial charge on any atom is -0.292 e. The maximum Gasteiger partial charge on any atom is 0.145 e. The third-order valence-electron chi connectivity index (χ3n) is 19.3. The van der Waals surface area contributed by atoms with Crippen LogP contribution in [0.2, 0.25) is 0 Å². The summed E-state index contributed by atoms with van der Waals surface area (Å²) in [4.78, 5) is 10.8. The number of benzene rings is 16. The van der Waals surface area contributed by atoms with Crippen LogP contribution in [0.4, 0.5) is 0 Å². The van der Waals surface area contributed by atoms with Gasteiger partial charge in [0.2, 0.25) is 0 Å². The van der Waals surface area contributed by atoms with Crippen LogP contribution in [0.15, 0.2) is 376 Å². The number of para-hydroxylation sites is 2. The molecule has 0 bridgehead atoms. The van der Waals surface area contributed by atoms with Gasteiger partial charge in [-0.15, -0.1) is 0 Å². The van der Waals surface area contributed by atoms with Crippen molar-refractivity contribution >= 4 is 43.6 Å². The Morgan fingerprint density at radius 1 is 0.163 bits per heavy atom. The van der Waals surface area contributed by atoms with Gasteiger partial charge in [0, 0.05) is 22.5 Å². The van der Waals surface area contributed by atoms with Gasteiger partial charge in [-0.3, -0.25) is 9.13 Å². The Labute approximate surface area is 569 Å². The van der Waals surface area contributed by atoms with E-state index in [4.69, 9.17) is 9.97 Å². The summed E-state index contributed by atoms with van der Waals surface area (Å²) in [6.07, 6.45) is 0. The Balaban J connectivity index is 0.874. The largest absolute Gasteiger partial charge is 0.292 e. The Hall–Kier alpha value is -13.0. The summed E-state index contributed by atoms with van der Waals surface area (Å²) < 4.78 is 4.56. The fraction of sp³-hybridized carbons (Fsp3) is 0. The molecule has 0 amide bonds. The van der Waals surface area contributed by atoms with Gasteiger partial charge in [0.1, 0.15) is 11.6 Å². The highest BCUT2D eigenvalue weighted by Crippen LogP contribution is 2.49. The topological polar surface area (TPSA) is 35.6 Å². The van der Waals surface area contributed by atoms with Crippen LogP contribution in [-0.4, -0.2) is 19.1 Å². The average molecular weight is 1250 g/mol. The van der Waals surface area contributed by atoms with Gasteiger partial charge in [-0.2, -0.15) is 0 Å². The van der Waals surface area contributed by atoms with Gasteiger partial charge in [-0.25, -0.2) is 9.97 Å². The highest BCUT2D eigenvalue weighted by Gasteiger charge is 2.24. The quantitative estimate of drug-likeness (QED) is 0.108. The van der Waals surface area contributed by atoms with Crippen LogP contribution < -0.4 is 0 Å². The van der Waals surface area contributed by atoms with E-state index in [9.17, 15) is 0 Å². The maximum absolute atomic E-state index is 5.46. The third-order valence-corrected chi connectivity index (χ3v) is 19.3. The first kappa shape index (κ1) is 57.6. The first-order valence-corrected chi connectivity index (χ1v) is 33.5. The minimum atomic E-state index is 0.902. The predicted octanol–water partition coefficient (Wildman–Crippen LogP) is 25.0. The van der Waals surface area contributed by atoms with Crippen molar-refractivity contribution in [2.75, 3.05) is 0 Å². The predicted molar refractivity (Wildman–Crippen MR) is 411 cm³/mol. The highest BCUT2D eigenvalue weighted by molar-refractivity contribution is 6.23. The Morgan fingerprint density at radius 2 is 0.408 bits per heavy atom. The van der Waals surface area contributed by atoms with Crippen LogP contribution in [0.25, 0.3) is 178 Å². The third kappa shape index (κ3) is 10.6. The second kappa shape index (κ2) is 24.7. The molecule has 0 fully saturated rings. The number of hydrogen-bond acceptors (Lipinski definition) is 2. The molecule has 0 aliphatic heterocycles. The molecule has 18 rings (SSSR count). The van der Waals surface area contributed by atoms with E-state index in [0.717, 1.165) is 167 Å². The lowest BCUT2D eigenvalue weighted by molar-refractivity contribution is 1.10. The molecule has 4 heteroatoms. The van der Waals surface area contributed by atoms with E-state index in [-0.39, 0.29) is 0 Å². The molecule has 2 aromatic heterocycles. The van der Waals surface area contributed by atoms with E-state index in [0.29, 0.717) is 0 Å².